The first kappa shape index (κ1) is 20.8. The highest BCUT2D eigenvalue weighted by Gasteiger charge is 2.26. The van der Waals surface area contributed by atoms with E-state index in [4.69, 9.17) is 25.4 Å². The fourth-order valence-electron chi connectivity index (χ4n) is 1.01. The average Bonchev–Trinajstić information content (AvgIpc) is 2.29. The molecule has 116 valence electrons. The molecular formula is C9H22O4P2S4. The summed E-state index contributed by atoms with van der Waals surface area (Å²) in [6.45, 7) is 9.12. The normalized spacial score (nSPS) is 15.4. The van der Waals surface area contributed by atoms with E-state index < -0.39 is 11.5 Å². The second-order valence-electron chi connectivity index (χ2n) is 2.94. The van der Waals surface area contributed by atoms with Crippen molar-refractivity contribution in [1.82, 2.24) is 0 Å². The van der Waals surface area contributed by atoms with E-state index in [-0.39, 0.29) is 0 Å². The van der Waals surface area contributed by atoms with Crippen LogP contribution in [0.5, 0.6) is 0 Å². The highest BCUT2D eigenvalue weighted by Crippen LogP contribution is 2.73. The van der Waals surface area contributed by atoms with Gasteiger partial charge in [0.25, 0.3) is 0 Å². The Hall–Kier alpha value is 1.81. The van der Waals surface area contributed by atoms with Gasteiger partial charge in [-0.1, -0.05) is 29.7 Å². The standard InChI is InChI=1S/C9H22O4P2S4/c1-5-11-14(10,17-8-4)18-9-19-15(16,12-6-2)13-7-3/h5-9H2,1-4H3. The molecule has 0 aromatic rings. The first-order chi connectivity index (χ1) is 8.95. The van der Waals surface area contributed by atoms with Gasteiger partial charge in [-0.05, 0) is 44.0 Å². The van der Waals surface area contributed by atoms with Gasteiger partial charge in [-0.15, -0.1) is 0 Å². The zero-order valence-electron chi connectivity index (χ0n) is 11.7. The van der Waals surface area contributed by atoms with Crippen LogP contribution in [0.1, 0.15) is 27.7 Å². The third kappa shape index (κ3) is 9.43. The van der Waals surface area contributed by atoms with E-state index in [1.807, 2.05) is 27.7 Å². The minimum absolute atomic E-state index is 0.451. The quantitative estimate of drug-likeness (QED) is 0.318. The molecule has 0 heterocycles. The van der Waals surface area contributed by atoms with Crippen LogP contribution in [-0.2, 0) is 29.9 Å². The molecule has 19 heavy (non-hydrogen) atoms. The Morgan fingerprint density at radius 2 is 1.42 bits per heavy atom. The van der Waals surface area contributed by atoms with Gasteiger partial charge in [0.05, 0.1) is 24.9 Å². The van der Waals surface area contributed by atoms with Crippen molar-refractivity contribution >= 4 is 57.4 Å². The number of hydrogen-bond donors (Lipinski definition) is 0. The molecule has 0 aliphatic rings. The summed E-state index contributed by atoms with van der Waals surface area (Å²) in [5.41, 5.74) is -2.30. The summed E-state index contributed by atoms with van der Waals surface area (Å²) in [5.74, 6) is -1.91. The van der Waals surface area contributed by atoms with Gasteiger partial charge >= 0.3 is 5.77 Å². The molecule has 4 nitrogen and oxygen atoms in total. The minimum Gasteiger partial charge on any atom is -0.322 e. The summed E-state index contributed by atoms with van der Waals surface area (Å²) in [6, 6.07) is 0. The number of rotatable bonds is 12. The molecule has 0 radical (unpaired) electrons. The summed E-state index contributed by atoms with van der Waals surface area (Å²) in [4.78, 5) is 0. The highest BCUT2D eigenvalue weighted by molar-refractivity contribution is 8.91. The fraction of sp³-hybridized carbons (Fsp3) is 1.00. The zero-order chi connectivity index (χ0) is 14.8. The van der Waals surface area contributed by atoms with Gasteiger partial charge in [0.1, 0.15) is 0 Å². The van der Waals surface area contributed by atoms with Crippen LogP contribution in [0.2, 0.25) is 0 Å². The molecule has 0 rings (SSSR count). The van der Waals surface area contributed by atoms with E-state index in [1.54, 1.807) is 0 Å². The smallest absolute Gasteiger partial charge is 0.313 e. The van der Waals surface area contributed by atoms with E-state index in [9.17, 15) is 4.57 Å². The molecule has 10 heteroatoms. The Balaban J connectivity index is 4.36. The molecule has 1 unspecified atom stereocenters. The fourth-order valence-corrected chi connectivity index (χ4v) is 15.9. The van der Waals surface area contributed by atoms with Crippen molar-refractivity contribution in [3.05, 3.63) is 0 Å². The summed E-state index contributed by atoms with van der Waals surface area (Å²) in [6.07, 6.45) is 0. The van der Waals surface area contributed by atoms with Crippen LogP contribution in [0.4, 0.5) is 0 Å². The molecule has 1 atom stereocenters. The Kier molecular flexibility index (Phi) is 12.5. The molecule has 0 N–H and O–H groups in total. The lowest BCUT2D eigenvalue weighted by atomic mass is 10.9. The second kappa shape index (κ2) is 11.4. The third-order valence-electron chi connectivity index (χ3n) is 1.57. The monoisotopic (exact) mass is 384 g/mol. The summed E-state index contributed by atoms with van der Waals surface area (Å²) in [7, 11) is 0. The third-order valence-corrected chi connectivity index (χ3v) is 15.6. The first-order valence-corrected chi connectivity index (χ1v) is 15.1. The van der Waals surface area contributed by atoms with E-state index in [0.29, 0.717) is 24.9 Å². The highest BCUT2D eigenvalue weighted by atomic mass is 33.1. The Labute approximate surface area is 133 Å². The lowest BCUT2D eigenvalue weighted by Gasteiger charge is -2.21. The maximum absolute atomic E-state index is 12.4. The largest absolute Gasteiger partial charge is 0.322 e. The summed E-state index contributed by atoms with van der Waals surface area (Å²) < 4.78 is 28.8. The first-order valence-electron chi connectivity index (χ1n) is 6.02. The van der Waals surface area contributed by atoms with Gasteiger partial charge in [-0.2, -0.15) is 0 Å². The topological polar surface area (TPSA) is 44.8 Å². The molecule has 0 saturated heterocycles. The van der Waals surface area contributed by atoms with Crippen molar-refractivity contribution in [3.8, 4) is 0 Å². The zero-order valence-corrected chi connectivity index (χ0v) is 16.8. The molecule has 0 bridgehead atoms. The molecule has 0 fully saturated rings. The van der Waals surface area contributed by atoms with Crippen molar-refractivity contribution < 1.29 is 18.1 Å². The van der Waals surface area contributed by atoms with Crippen LogP contribution in [0.25, 0.3) is 0 Å². The Bertz CT molecular complexity index is 279. The van der Waals surface area contributed by atoms with Crippen LogP contribution in [0, 0.1) is 0 Å². The molecule has 0 saturated carbocycles. The van der Waals surface area contributed by atoms with Crippen LogP contribution < -0.4 is 0 Å². The lowest BCUT2D eigenvalue weighted by molar-refractivity contribution is 0.280. The van der Waals surface area contributed by atoms with Crippen molar-refractivity contribution in [3.63, 3.8) is 0 Å². The molecule has 0 spiro atoms. The lowest BCUT2D eigenvalue weighted by Crippen LogP contribution is -1.92. The Morgan fingerprint density at radius 1 is 0.895 bits per heavy atom. The molecule has 0 aromatic carbocycles. The average molecular weight is 384 g/mol. The van der Waals surface area contributed by atoms with Crippen LogP contribution in [-0.4, -0.2) is 30.7 Å². The van der Waals surface area contributed by atoms with Gasteiger partial charge < -0.3 is 13.6 Å². The van der Waals surface area contributed by atoms with Crippen molar-refractivity contribution in [2.24, 2.45) is 0 Å². The van der Waals surface area contributed by atoms with Gasteiger partial charge in [0.15, 0.2) is 0 Å². The van der Waals surface area contributed by atoms with E-state index >= 15 is 0 Å². The summed E-state index contributed by atoms with van der Waals surface area (Å²) in [5, 5.41) is 0.557. The molecular weight excluding hydrogens is 362 g/mol. The molecule has 0 aliphatic heterocycles. The maximum atomic E-state index is 12.4. The predicted octanol–water partition coefficient (Wildman–Crippen LogP) is 5.61. The van der Waals surface area contributed by atoms with Gasteiger partial charge in [0, 0.05) is 5.75 Å². The summed E-state index contributed by atoms with van der Waals surface area (Å²) >= 11 is 9.50. The van der Waals surface area contributed by atoms with Gasteiger partial charge in [0.2, 0.25) is 5.69 Å². The van der Waals surface area contributed by atoms with Crippen LogP contribution in [0.3, 0.4) is 0 Å². The van der Waals surface area contributed by atoms with Crippen LogP contribution in [0.15, 0.2) is 0 Å². The van der Waals surface area contributed by atoms with E-state index in [0.717, 1.165) is 5.75 Å². The van der Waals surface area contributed by atoms with Crippen molar-refractivity contribution in [1.29, 1.82) is 0 Å². The predicted molar refractivity (Wildman–Crippen MR) is 95.0 cm³/mol. The molecule has 0 aliphatic carbocycles. The van der Waals surface area contributed by atoms with E-state index in [2.05, 4.69) is 0 Å². The van der Waals surface area contributed by atoms with Gasteiger partial charge in [-0.3, -0.25) is 4.57 Å². The second-order valence-corrected chi connectivity index (χ2v) is 17.3. The van der Waals surface area contributed by atoms with Crippen molar-refractivity contribution in [2.45, 2.75) is 27.7 Å². The SMILES string of the molecule is CCOP(=O)(SCC)SCSP(=S)(OCC)OCC. The molecule has 0 amide bonds. The molecule has 0 aromatic heterocycles. The Morgan fingerprint density at radius 3 is 1.84 bits per heavy atom. The van der Waals surface area contributed by atoms with Gasteiger partial charge in [-0.25, -0.2) is 0 Å². The van der Waals surface area contributed by atoms with E-state index in [1.165, 1.54) is 34.1 Å². The number of hydrogen-bond acceptors (Lipinski definition) is 8. The maximum Gasteiger partial charge on any atom is 0.313 e. The van der Waals surface area contributed by atoms with Crippen LogP contribution >= 0.6 is 45.6 Å². The minimum atomic E-state index is -2.67. The van der Waals surface area contributed by atoms with Crippen molar-refractivity contribution in [2.75, 3.05) is 30.7 Å².